The number of hydrazone groups is 1. The molecule has 0 aromatic heterocycles. The molecule has 0 aromatic rings. The van der Waals surface area contributed by atoms with Gasteiger partial charge >= 0.3 is 0 Å². The van der Waals surface area contributed by atoms with Crippen LogP contribution >= 0.6 is 11.8 Å². The minimum Gasteiger partial charge on any atom is -0.381 e. The Kier molecular flexibility index (Phi) is 7.98. The molecule has 0 bridgehead atoms. The molecule has 1 aliphatic heterocycles. The molecule has 0 amide bonds. The standard InChI is InChI=1S/C13H26N4O3S/c1-10-8-20-9-12(10)7-16(3)11(2)5-6-14-13(21-4)15-17(18)19/h10-12H,5-9H2,1-4H3,(H,14,15). The highest BCUT2D eigenvalue weighted by Gasteiger charge is 2.26. The van der Waals surface area contributed by atoms with Crippen molar-refractivity contribution in [1.82, 2.24) is 10.2 Å². The summed E-state index contributed by atoms with van der Waals surface area (Å²) in [5.41, 5.74) is 0. The Morgan fingerprint density at radius 2 is 2.33 bits per heavy atom. The molecule has 0 spiro atoms. The predicted octanol–water partition coefficient (Wildman–Crippen LogP) is 1.48. The lowest BCUT2D eigenvalue weighted by atomic mass is 9.97. The van der Waals surface area contributed by atoms with E-state index in [2.05, 4.69) is 36.2 Å². The summed E-state index contributed by atoms with van der Waals surface area (Å²) in [6.45, 7) is 7.82. The fourth-order valence-corrected chi connectivity index (χ4v) is 2.71. The van der Waals surface area contributed by atoms with Gasteiger partial charge in [0.1, 0.15) is 0 Å². The first-order chi connectivity index (χ1) is 9.93. The largest absolute Gasteiger partial charge is 0.381 e. The summed E-state index contributed by atoms with van der Waals surface area (Å²) in [6.07, 6.45) is 2.68. The highest BCUT2D eigenvalue weighted by Crippen LogP contribution is 2.21. The van der Waals surface area contributed by atoms with Gasteiger partial charge in [0.05, 0.1) is 11.7 Å². The predicted molar refractivity (Wildman–Crippen MR) is 86.1 cm³/mol. The first-order valence-corrected chi connectivity index (χ1v) is 8.45. The molecule has 1 heterocycles. The lowest BCUT2D eigenvalue weighted by Gasteiger charge is -2.28. The number of amidine groups is 1. The smallest absolute Gasteiger partial charge is 0.234 e. The molecule has 0 aromatic carbocycles. The Morgan fingerprint density at radius 1 is 1.62 bits per heavy atom. The Balaban J connectivity index is 2.29. The van der Waals surface area contributed by atoms with E-state index in [1.165, 1.54) is 11.8 Å². The molecule has 7 nitrogen and oxygen atoms in total. The van der Waals surface area contributed by atoms with Crippen molar-refractivity contribution in [3.05, 3.63) is 10.1 Å². The summed E-state index contributed by atoms with van der Waals surface area (Å²) >= 11 is 1.25. The lowest BCUT2D eigenvalue weighted by molar-refractivity contribution is -0.484. The lowest BCUT2D eigenvalue weighted by Crippen LogP contribution is -2.37. The van der Waals surface area contributed by atoms with Crippen LogP contribution in [0.2, 0.25) is 0 Å². The summed E-state index contributed by atoms with van der Waals surface area (Å²) in [4.78, 5) is 12.7. The molecular weight excluding hydrogens is 292 g/mol. The monoisotopic (exact) mass is 318 g/mol. The van der Waals surface area contributed by atoms with Gasteiger partial charge in [0, 0.05) is 25.7 Å². The number of nitrogens with one attached hydrogen (secondary N) is 1. The molecule has 0 saturated carbocycles. The van der Waals surface area contributed by atoms with E-state index in [9.17, 15) is 10.1 Å². The van der Waals surface area contributed by atoms with Crippen molar-refractivity contribution in [2.24, 2.45) is 16.9 Å². The van der Waals surface area contributed by atoms with Crippen LogP contribution < -0.4 is 5.32 Å². The molecule has 3 unspecified atom stereocenters. The van der Waals surface area contributed by atoms with Crippen LogP contribution in [-0.4, -0.2) is 60.7 Å². The van der Waals surface area contributed by atoms with E-state index in [4.69, 9.17) is 4.74 Å². The van der Waals surface area contributed by atoms with Gasteiger partial charge in [-0.25, -0.2) is 10.1 Å². The molecular formula is C13H26N4O3S. The summed E-state index contributed by atoms with van der Waals surface area (Å²) in [5, 5.41) is 16.3. The summed E-state index contributed by atoms with van der Waals surface area (Å²) in [7, 11) is 2.12. The van der Waals surface area contributed by atoms with Crippen LogP contribution in [0, 0.1) is 22.0 Å². The SMILES string of the molecule is CSC(=N[N+](=O)[O-])NCCC(C)N(C)CC1COCC1C. The molecule has 8 heteroatoms. The number of thioether (sulfide) groups is 1. The van der Waals surface area contributed by atoms with Gasteiger partial charge in [0.25, 0.3) is 0 Å². The van der Waals surface area contributed by atoms with Gasteiger partial charge in [-0.15, -0.1) is 0 Å². The van der Waals surface area contributed by atoms with Crippen molar-refractivity contribution in [1.29, 1.82) is 0 Å². The van der Waals surface area contributed by atoms with Crippen LogP contribution in [0.3, 0.4) is 0 Å². The van der Waals surface area contributed by atoms with Crippen molar-refractivity contribution in [3.63, 3.8) is 0 Å². The Hall–Kier alpha value is -0.860. The van der Waals surface area contributed by atoms with Gasteiger partial charge in [-0.1, -0.05) is 18.7 Å². The van der Waals surface area contributed by atoms with E-state index in [0.29, 0.717) is 29.6 Å². The molecule has 1 saturated heterocycles. The van der Waals surface area contributed by atoms with Gasteiger partial charge in [0.15, 0.2) is 5.03 Å². The van der Waals surface area contributed by atoms with Crippen LogP contribution in [0.15, 0.2) is 5.10 Å². The minimum atomic E-state index is -0.671. The average Bonchev–Trinajstić information content (AvgIpc) is 2.82. The maximum Gasteiger partial charge on any atom is 0.234 e. The Morgan fingerprint density at radius 3 is 2.86 bits per heavy atom. The second kappa shape index (κ2) is 9.22. The van der Waals surface area contributed by atoms with Crippen LogP contribution in [0.5, 0.6) is 0 Å². The number of hydrogen-bond donors (Lipinski definition) is 1. The molecule has 1 aliphatic rings. The normalized spacial score (nSPS) is 24.3. The van der Waals surface area contributed by atoms with Crippen LogP contribution in [-0.2, 0) is 4.74 Å². The second-order valence-electron chi connectivity index (χ2n) is 5.63. The van der Waals surface area contributed by atoms with Crippen LogP contribution in [0.1, 0.15) is 20.3 Å². The second-order valence-corrected chi connectivity index (χ2v) is 6.42. The quantitative estimate of drug-likeness (QED) is 0.331. The number of nitrogens with zero attached hydrogens (tertiary/aromatic N) is 3. The van der Waals surface area contributed by atoms with Crippen LogP contribution in [0.4, 0.5) is 0 Å². The van der Waals surface area contributed by atoms with Crippen molar-refractivity contribution >= 4 is 16.9 Å². The zero-order valence-electron chi connectivity index (χ0n) is 13.2. The number of ether oxygens (including phenoxy) is 1. The van der Waals surface area contributed by atoms with Gasteiger partial charge in [-0.2, -0.15) is 0 Å². The minimum absolute atomic E-state index is 0.354. The summed E-state index contributed by atoms with van der Waals surface area (Å²) in [5.74, 6) is 1.22. The van der Waals surface area contributed by atoms with Crippen molar-refractivity contribution in [3.8, 4) is 0 Å². The van der Waals surface area contributed by atoms with Gasteiger partial charge in [-0.05, 0) is 38.5 Å². The maximum atomic E-state index is 10.3. The third-order valence-electron chi connectivity index (χ3n) is 4.00. The van der Waals surface area contributed by atoms with E-state index < -0.39 is 5.03 Å². The molecule has 1 rings (SSSR count). The van der Waals surface area contributed by atoms with Crippen molar-refractivity contribution < 1.29 is 9.77 Å². The van der Waals surface area contributed by atoms with Gasteiger partial charge in [-0.3, -0.25) is 0 Å². The fourth-order valence-electron chi connectivity index (χ4n) is 2.32. The molecule has 122 valence electrons. The zero-order valence-corrected chi connectivity index (χ0v) is 14.1. The third-order valence-corrected chi connectivity index (χ3v) is 4.61. The number of nitro groups is 1. The van der Waals surface area contributed by atoms with Crippen LogP contribution in [0.25, 0.3) is 0 Å². The van der Waals surface area contributed by atoms with E-state index in [-0.39, 0.29) is 0 Å². The Bertz CT molecular complexity index is 367. The third kappa shape index (κ3) is 6.62. The van der Waals surface area contributed by atoms with E-state index in [1.54, 1.807) is 6.26 Å². The molecule has 21 heavy (non-hydrogen) atoms. The zero-order chi connectivity index (χ0) is 15.8. The molecule has 0 aliphatic carbocycles. The highest BCUT2D eigenvalue weighted by atomic mass is 32.2. The van der Waals surface area contributed by atoms with Crippen molar-refractivity contribution in [2.75, 3.05) is 39.6 Å². The summed E-state index contributed by atoms with van der Waals surface area (Å²) < 4.78 is 5.49. The Labute approximate surface area is 130 Å². The molecule has 1 N–H and O–H groups in total. The molecule has 1 fully saturated rings. The highest BCUT2D eigenvalue weighted by molar-refractivity contribution is 8.13. The fraction of sp³-hybridized carbons (Fsp3) is 0.923. The van der Waals surface area contributed by atoms with E-state index in [0.717, 1.165) is 26.2 Å². The summed E-state index contributed by atoms with van der Waals surface area (Å²) in [6, 6.07) is 0.406. The first-order valence-electron chi connectivity index (χ1n) is 7.22. The average molecular weight is 318 g/mol. The molecule has 0 radical (unpaired) electrons. The first kappa shape index (κ1) is 18.2. The molecule has 3 atom stereocenters. The number of rotatable bonds is 7. The maximum absolute atomic E-state index is 10.3. The topological polar surface area (TPSA) is 80.0 Å². The van der Waals surface area contributed by atoms with Crippen molar-refractivity contribution in [2.45, 2.75) is 26.3 Å². The van der Waals surface area contributed by atoms with Gasteiger partial charge in [0.2, 0.25) is 5.17 Å². The number of hydrogen-bond acceptors (Lipinski definition) is 5. The van der Waals surface area contributed by atoms with E-state index in [1.807, 2.05) is 0 Å². The van der Waals surface area contributed by atoms with E-state index >= 15 is 0 Å². The van der Waals surface area contributed by atoms with Gasteiger partial charge < -0.3 is 15.0 Å².